The zero-order chi connectivity index (χ0) is 23.1. The van der Waals surface area contributed by atoms with Gasteiger partial charge >= 0.3 is 6.09 Å². The highest BCUT2D eigenvalue weighted by molar-refractivity contribution is 5.85. The van der Waals surface area contributed by atoms with Crippen LogP contribution < -0.4 is 5.32 Å². The number of amides is 1. The van der Waals surface area contributed by atoms with Crippen molar-refractivity contribution in [2.24, 2.45) is 0 Å². The quantitative estimate of drug-likeness (QED) is 0.423. The van der Waals surface area contributed by atoms with Gasteiger partial charge in [-0.2, -0.15) is 0 Å². The molecule has 6 heteroatoms. The van der Waals surface area contributed by atoms with Crippen molar-refractivity contribution in [3.63, 3.8) is 0 Å². The Hall–Kier alpha value is -4.06. The number of hydrogen-bond donors (Lipinski definition) is 2. The van der Waals surface area contributed by atoms with Crippen molar-refractivity contribution in [1.82, 2.24) is 20.3 Å². The largest absolute Gasteiger partial charge is 0.465 e. The average Bonchev–Trinajstić information content (AvgIpc) is 2.86. The zero-order valence-corrected chi connectivity index (χ0v) is 18.7. The third-order valence-corrected chi connectivity index (χ3v) is 7.12. The van der Waals surface area contributed by atoms with E-state index in [9.17, 15) is 9.90 Å². The van der Waals surface area contributed by atoms with E-state index in [4.69, 9.17) is 4.98 Å². The summed E-state index contributed by atoms with van der Waals surface area (Å²) in [6.45, 7) is 0. The third-order valence-electron chi connectivity index (χ3n) is 7.12. The molecule has 0 atom stereocenters. The first-order chi connectivity index (χ1) is 16.6. The van der Waals surface area contributed by atoms with Crippen LogP contribution in [0.2, 0.25) is 0 Å². The van der Waals surface area contributed by atoms with Gasteiger partial charge in [0.05, 0.1) is 22.6 Å². The Balaban J connectivity index is 1.47. The molecule has 1 saturated carbocycles. The van der Waals surface area contributed by atoms with E-state index in [1.165, 1.54) is 0 Å². The Kier molecular flexibility index (Phi) is 4.87. The minimum absolute atomic E-state index is 0.473. The predicted octanol–water partition coefficient (Wildman–Crippen LogP) is 5.62. The van der Waals surface area contributed by atoms with Crippen LogP contribution in [0, 0.1) is 0 Å². The number of aromatic nitrogens is 3. The van der Waals surface area contributed by atoms with Gasteiger partial charge in [0.15, 0.2) is 0 Å². The number of nitrogens with zero attached hydrogens (tertiary/aromatic N) is 3. The monoisotopic (exact) mass is 448 g/mol. The van der Waals surface area contributed by atoms with Gasteiger partial charge < -0.3 is 10.4 Å². The molecule has 2 aromatic heterocycles. The highest BCUT2D eigenvalue weighted by Crippen LogP contribution is 2.43. The lowest BCUT2D eigenvalue weighted by Crippen LogP contribution is -2.50. The zero-order valence-electron chi connectivity index (χ0n) is 18.7. The van der Waals surface area contributed by atoms with Crippen molar-refractivity contribution in [1.29, 1.82) is 0 Å². The molecule has 0 saturated heterocycles. The summed E-state index contributed by atoms with van der Waals surface area (Å²) >= 11 is 0. The number of pyridine rings is 1. The van der Waals surface area contributed by atoms with Gasteiger partial charge in [-0.1, -0.05) is 54.6 Å². The van der Waals surface area contributed by atoms with E-state index in [1.807, 2.05) is 36.5 Å². The maximum Gasteiger partial charge on any atom is 0.405 e. The number of hydrogen-bond acceptors (Lipinski definition) is 4. The highest BCUT2D eigenvalue weighted by atomic mass is 16.4. The first-order valence-electron chi connectivity index (χ1n) is 11.6. The molecule has 6 nitrogen and oxygen atoms in total. The normalized spacial score (nSPS) is 15.5. The first-order valence-corrected chi connectivity index (χ1v) is 11.6. The third kappa shape index (κ3) is 3.43. The van der Waals surface area contributed by atoms with Crippen molar-refractivity contribution in [2.75, 3.05) is 0 Å². The second-order valence-corrected chi connectivity index (χ2v) is 9.08. The summed E-state index contributed by atoms with van der Waals surface area (Å²) < 4.78 is 0. The van der Waals surface area contributed by atoms with Gasteiger partial charge in [0.1, 0.15) is 6.33 Å². The molecule has 2 aliphatic rings. The Morgan fingerprint density at radius 3 is 2.41 bits per heavy atom. The Morgan fingerprint density at radius 1 is 0.912 bits per heavy atom. The lowest BCUT2D eigenvalue weighted by Gasteiger charge is -2.42. The summed E-state index contributed by atoms with van der Waals surface area (Å²) in [6.07, 6.45) is 6.93. The molecule has 1 fully saturated rings. The maximum atomic E-state index is 11.4. The molecule has 0 radical (unpaired) electrons. The molecule has 1 amide bonds. The summed E-state index contributed by atoms with van der Waals surface area (Å²) in [5.41, 5.74) is 8.89. The number of nitrogens with one attached hydrogen (secondary N) is 1. The lowest BCUT2D eigenvalue weighted by atomic mass is 9.71. The van der Waals surface area contributed by atoms with E-state index in [0.29, 0.717) is 0 Å². The predicted molar refractivity (Wildman–Crippen MR) is 130 cm³/mol. The molecule has 2 aromatic carbocycles. The number of rotatable bonds is 4. The molecule has 6 rings (SSSR count). The summed E-state index contributed by atoms with van der Waals surface area (Å²) in [7, 11) is 0. The van der Waals surface area contributed by atoms with Crippen LogP contribution in [0.3, 0.4) is 0 Å². The average molecular weight is 449 g/mol. The summed E-state index contributed by atoms with van der Waals surface area (Å²) in [4.78, 5) is 25.3. The number of carboxylic acid groups (broad SMARTS) is 1. The summed E-state index contributed by atoms with van der Waals surface area (Å²) in [6, 6.07) is 20.7. The Bertz CT molecular complexity index is 1380. The SMILES string of the molecule is O=C(O)NC1(c2ccc(-c3nc4c(cc3-c3ccccc3)-c3ncncc3CC4)cc2)CCC1. The van der Waals surface area contributed by atoms with Crippen LogP contribution in [0.1, 0.15) is 36.1 Å². The van der Waals surface area contributed by atoms with Gasteiger partial charge in [0.25, 0.3) is 0 Å². The van der Waals surface area contributed by atoms with Crippen LogP contribution in [-0.4, -0.2) is 26.2 Å². The minimum Gasteiger partial charge on any atom is -0.465 e. The molecule has 34 heavy (non-hydrogen) atoms. The number of benzene rings is 2. The van der Waals surface area contributed by atoms with Crippen molar-refractivity contribution >= 4 is 6.09 Å². The van der Waals surface area contributed by atoms with Crippen molar-refractivity contribution in [2.45, 2.75) is 37.6 Å². The topological polar surface area (TPSA) is 88.0 Å². The van der Waals surface area contributed by atoms with Crippen LogP contribution in [0.25, 0.3) is 33.6 Å². The molecule has 0 unspecified atom stereocenters. The molecular weight excluding hydrogens is 424 g/mol. The second-order valence-electron chi connectivity index (χ2n) is 9.08. The number of fused-ring (bicyclic) bond motifs is 3. The van der Waals surface area contributed by atoms with Crippen molar-refractivity contribution in [3.05, 3.63) is 90.0 Å². The summed E-state index contributed by atoms with van der Waals surface area (Å²) in [5.74, 6) is 0. The van der Waals surface area contributed by atoms with E-state index in [1.54, 1.807) is 6.33 Å². The van der Waals surface area contributed by atoms with Gasteiger partial charge in [0, 0.05) is 22.9 Å². The number of carbonyl (C=O) groups is 1. The van der Waals surface area contributed by atoms with Gasteiger partial charge in [-0.25, -0.2) is 14.8 Å². The highest BCUT2D eigenvalue weighted by Gasteiger charge is 2.40. The van der Waals surface area contributed by atoms with Crippen LogP contribution in [0.5, 0.6) is 0 Å². The first kappa shape index (κ1) is 20.5. The fourth-order valence-electron chi connectivity index (χ4n) is 5.21. The minimum atomic E-state index is -0.976. The lowest BCUT2D eigenvalue weighted by molar-refractivity contribution is 0.144. The molecule has 2 aliphatic carbocycles. The molecular formula is C28H24N4O2. The fourth-order valence-corrected chi connectivity index (χ4v) is 5.21. The van der Waals surface area contributed by atoms with Gasteiger partial charge in [-0.05, 0) is 54.9 Å². The molecule has 0 bridgehead atoms. The maximum absolute atomic E-state index is 11.4. The van der Waals surface area contributed by atoms with Crippen molar-refractivity contribution < 1.29 is 9.90 Å². The molecule has 4 aromatic rings. The molecule has 0 aliphatic heterocycles. The molecule has 2 N–H and O–H groups in total. The Morgan fingerprint density at radius 2 is 1.71 bits per heavy atom. The van der Waals surface area contributed by atoms with Gasteiger partial charge in [0.2, 0.25) is 0 Å². The second kappa shape index (κ2) is 8.06. The van der Waals surface area contributed by atoms with E-state index in [2.05, 4.69) is 45.6 Å². The smallest absolute Gasteiger partial charge is 0.405 e. The van der Waals surface area contributed by atoms with Crippen LogP contribution in [0.15, 0.2) is 73.2 Å². The van der Waals surface area contributed by atoms with Crippen LogP contribution >= 0.6 is 0 Å². The van der Waals surface area contributed by atoms with Gasteiger partial charge in [-0.15, -0.1) is 0 Å². The number of aryl methyl sites for hydroxylation is 2. The van der Waals surface area contributed by atoms with Crippen molar-refractivity contribution in [3.8, 4) is 33.6 Å². The van der Waals surface area contributed by atoms with Crippen LogP contribution in [0.4, 0.5) is 4.79 Å². The standard InChI is InChI=1S/C28H24N4O2/c33-27(34)32-28(13-4-14-28)21-10-7-19(8-11-21)26-22(18-5-2-1-3-6-18)15-23-24(31-26)12-9-20-16-29-17-30-25(20)23/h1-3,5-8,10-11,15-17,32H,4,9,12-14H2,(H,33,34). The molecule has 168 valence electrons. The van der Waals surface area contributed by atoms with Gasteiger partial charge in [-0.3, -0.25) is 4.98 Å². The van der Waals surface area contributed by atoms with Crippen LogP contribution in [-0.2, 0) is 18.4 Å². The molecule has 0 spiro atoms. The fraction of sp³-hybridized carbons (Fsp3) is 0.214. The van der Waals surface area contributed by atoms with E-state index < -0.39 is 11.6 Å². The molecule has 2 heterocycles. The van der Waals surface area contributed by atoms with E-state index >= 15 is 0 Å². The van der Waals surface area contributed by atoms with E-state index in [-0.39, 0.29) is 0 Å². The van der Waals surface area contributed by atoms with E-state index in [0.717, 1.165) is 82.6 Å². The summed E-state index contributed by atoms with van der Waals surface area (Å²) in [5, 5.41) is 12.1. The Labute approximate surface area is 197 Å².